The summed E-state index contributed by atoms with van der Waals surface area (Å²) in [7, 11) is 3.55. The second-order valence-corrected chi connectivity index (χ2v) is 5.81. The quantitative estimate of drug-likeness (QED) is 0.858. The number of carbonyl (C=O) groups excluding carboxylic acids is 1. The van der Waals surface area contributed by atoms with Crippen LogP contribution in [-0.2, 0) is 4.74 Å². The summed E-state index contributed by atoms with van der Waals surface area (Å²) in [6.07, 6.45) is 1.05. The molecule has 2 rings (SSSR count). The molecule has 0 radical (unpaired) electrons. The first kappa shape index (κ1) is 15.0. The molecule has 4 heteroatoms. The van der Waals surface area contributed by atoms with Crippen molar-refractivity contribution in [2.75, 3.05) is 27.2 Å². The number of likely N-dealkylation sites (tertiary alicyclic amines) is 1. The highest BCUT2D eigenvalue weighted by atomic mass is 16.5. The van der Waals surface area contributed by atoms with Crippen LogP contribution < -0.4 is 5.73 Å². The van der Waals surface area contributed by atoms with Gasteiger partial charge in [-0.05, 0) is 62.5 Å². The van der Waals surface area contributed by atoms with Crippen LogP contribution in [0.3, 0.4) is 0 Å². The summed E-state index contributed by atoms with van der Waals surface area (Å²) in [6, 6.07) is 4.41. The summed E-state index contributed by atoms with van der Waals surface area (Å²) in [5.74, 6) is 0.270. The number of carbonyl (C=O) groups is 1. The van der Waals surface area contributed by atoms with Gasteiger partial charge in [0.25, 0.3) is 0 Å². The van der Waals surface area contributed by atoms with Gasteiger partial charge in [-0.2, -0.15) is 0 Å². The molecule has 2 unspecified atom stereocenters. The van der Waals surface area contributed by atoms with E-state index in [0.717, 1.165) is 25.1 Å². The lowest BCUT2D eigenvalue weighted by Gasteiger charge is -2.23. The summed E-state index contributed by atoms with van der Waals surface area (Å²) >= 11 is 0. The van der Waals surface area contributed by atoms with E-state index in [1.54, 1.807) is 0 Å². The van der Waals surface area contributed by atoms with Gasteiger partial charge in [0, 0.05) is 12.6 Å². The molecule has 0 aliphatic carbocycles. The van der Waals surface area contributed by atoms with Crippen LogP contribution in [0.1, 0.15) is 39.5 Å². The highest BCUT2D eigenvalue weighted by molar-refractivity contribution is 5.91. The van der Waals surface area contributed by atoms with Gasteiger partial charge in [-0.3, -0.25) is 4.90 Å². The van der Waals surface area contributed by atoms with Crippen molar-refractivity contribution in [1.29, 1.82) is 0 Å². The van der Waals surface area contributed by atoms with Gasteiger partial charge in [-0.15, -0.1) is 0 Å². The molecule has 1 heterocycles. The first-order valence-corrected chi connectivity index (χ1v) is 7.07. The Morgan fingerprint density at radius 3 is 2.65 bits per heavy atom. The van der Waals surface area contributed by atoms with Crippen LogP contribution in [0.15, 0.2) is 12.1 Å². The van der Waals surface area contributed by atoms with Crippen molar-refractivity contribution in [3.63, 3.8) is 0 Å². The van der Waals surface area contributed by atoms with Crippen molar-refractivity contribution in [3.05, 3.63) is 34.4 Å². The van der Waals surface area contributed by atoms with E-state index in [1.165, 1.54) is 18.2 Å². The van der Waals surface area contributed by atoms with Crippen LogP contribution in [0.2, 0.25) is 0 Å². The molecule has 0 saturated carbocycles. The minimum absolute atomic E-state index is 0.264. The molecule has 1 fully saturated rings. The van der Waals surface area contributed by atoms with Crippen LogP contribution >= 0.6 is 0 Å². The average molecular weight is 276 g/mol. The Morgan fingerprint density at radius 1 is 1.40 bits per heavy atom. The van der Waals surface area contributed by atoms with E-state index in [9.17, 15) is 4.79 Å². The summed E-state index contributed by atoms with van der Waals surface area (Å²) in [5.41, 5.74) is 9.87. The highest BCUT2D eigenvalue weighted by Crippen LogP contribution is 2.36. The number of methoxy groups -OCH3 is 1. The van der Waals surface area contributed by atoms with Gasteiger partial charge in [0.1, 0.15) is 0 Å². The largest absolute Gasteiger partial charge is 0.465 e. The molecule has 1 aromatic carbocycles. The Kier molecular flexibility index (Phi) is 4.45. The number of nitrogens with zero attached hydrogens (tertiary/aromatic N) is 1. The van der Waals surface area contributed by atoms with Crippen molar-refractivity contribution in [3.8, 4) is 0 Å². The molecule has 2 N–H and O–H groups in total. The van der Waals surface area contributed by atoms with E-state index >= 15 is 0 Å². The molecule has 0 bridgehead atoms. The number of esters is 1. The van der Waals surface area contributed by atoms with E-state index in [0.29, 0.717) is 17.5 Å². The number of hydrogen-bond donors (Lipinski definition) is 1. The zero-order chi connectivity index (χ0) is 14.9. The molecule has 0 amide bonds. The topological polar surface area (TPSA) is 55.6 Å². The van der Waals surface area contributed by atoms with Crippen molar-refractivity contribution >= 4 is 5.97 Å². The number of nitrogens with two attached hydrogens (primary N) is 1. The molecule has 1 aliphatic rings. The van der Waals surface area contributed by atoms with Gasteiger partial charge in [0.2, 0.25) is 0 Å². The lowest BCUT2D eigenvalue weighted by atomic mass is 9.92. The zero-order valence-corrected chi connectivity index (χ0v) is 12.8. The molecule has 1 aliphatic heterocycles. The fraction of sp³-hybridized carbons (Fsp3) is 0.562. The molecule has 1 aromatic rings. The number of hydrogen-bond acceptors (Lipinski definition) is 4. The monoisotopic (exact) mass is 276 g/mol. The fourth-order valence-electron chi connectivity index (χ4n) is 3.20. The summed E-state index contributed by atoms with van der Waals surface area (Å²) < 4.78 is 4.87. The van der Waals surface area contributed by atoms with Gasteiger partial charge in [0.15, 0.2) is 0 Å². The van der Waals surface area contributed by atoms with Gasteiger partial charge in [-0.25, -0.2) is 4.79 Å². The van der Waals surface area contributed by atoms with Crippen molar-refractivity contribution < 1.29 is 9.53 Å². The number of ether oxygens (including phenoxy) is 1. The third-order valence-corrected chi connectivity index (χ3v) is 4.35. The number of rotatable bonds is 3. The smallest absolute Gasteiger partial charge is 0.338 e. The maximum Gasteiger partial charge on any atom is 0.338 e. The first-order valence-electron chi connectivity index (χ1n) is 7.07. The van der Waals surface area contributed by atoms with Gasteiger partial charge < -0.3 is 10.5 Å². The minimum atomic E-state index is -0.264. The predicted octanol–water partition coefficient (Wildman–Crippen LogP) is 2.04. The normalized spacial score (nSPS) is 23.1. The Morgan fingerprint density at radius 2 is 2.10 bits per heavy atom. The lowest BCUT2D eigenvalue weighted by Crippen LogP contribution is -2.21. The second-order valence-electron chi connectivity index (χ2n) is 5.81. The minimum Gasteiger partial charge on any atom is -0.465 e. The Labute approximate surface area is 120 Å². The summed E-state index contributed by atoms with van der Waals surface area (Å²) in [5, 5.41) is 0. The summed E-state index contributed by atoms with van der Waals surface area (Å²) in [6.45, 7) is 5.79. The zero-order valence-electron chi connectivity index (χ0n) is 12.8. The van der Waals surface area contributed by atoms with Crippen LogP contribution in [0.5, 0.6) is 0 Å². The van der Waals surface area contributed by atoms with Crippen LogP contribution in [0, 0.1) is 19.8 Å². The lowest BCUT2D eigenvalue weighted by molar-refractivity contribution is 0.0599. The Bertz CT molecular complexity index is 513. The maximum atomic E-state index is 11.9. The van der Waals surface area contributed by atoms with Gasteiger partial charge in [-0.1, -0.05) is 6.07 Å². The molecule has 4 nitrogen and oxygen atoms in total. The SMILES string of the molecule is COC(=O)c1cc(C2CC(CN)CN2C)c(C)cc1C. The van der Waals surface area contributed by atoms with E-state index in [1.807, 2.05) is 13.0 Å². The van der Waals surface area contributed by atoms with Gasteiger partial charge >= 0.3 is 5.97 Å². The molecule has 1 saturated heterocycles. The van der Waals surface area contributed by atoms with E-state index in [-0.39, 0.29) is 5.97 Å². The molecule has 20 heavy (non-hydrogen) atoms. The van der Waals surface area contributed by atoms with Crippen LogP contribution in [0.4, 0.5) is 0 Å². The third kappa shape index (κ3) is 2.72. The van der Waals surface area contributed by atoms with Crippen molar-refractivity contribution in [2.45, 2.75) is 26.3 Å². The fourth-order valence-corrected chi connectivity index (χ4v) is 3.20. The second kappa shape index (κ2) is 5.94. The van der Waals surface area contributed by atoms with Crippen LogP contribution in [-0.4, -0.2) is 38.1 Å². The van der Waals surface area contributed by atoms with Gasteiger partial charge in [0.05, 0.1) is 12.7 Å². The Hall–Kier alpha value is -1.39. The molecule has 0 aromatic heterocycles. The number of aryl methyl sites for hydroxylation is 2. The highest BCUT2D eigenvalue weighted by Gasteiger charge is 2.31. The third-order valence-electron chi connectivity index (χ3n) is 4.35. The molecular formula is C16H24N2O2. The molecule has 2 atom stereocenters. The van der Waals surface area contributed by atoms with E-state index in [4.69, 9.17) is 10.5 Å². The molecule has 110 valence electrons. The van der Waals surface area contributed by atoms with E-state index < -0.39 is 0 Å². The predicted molar refractivity (Wildman–Crippen MR) is 79.8 cm³/mol. The molecular weight excluding hydrogens is 252 g/mol. The van der Waals surface area contributed by atoms with Crippen LogP contribution in [0.25, 0.3) is 0 Å². The van der Waals surface area contributed by atoms with Crippen molar-refractivity contribution in [2.24, 2.45) is 11.7 Å². The molecule has 0 spiro atoms. The van der Waals surface area contributed by atoms with E-state index in [2.05, 4.69) is 24.9 Å². The van der Waals surface area contributed by atoms with Crippen molar-refractivity contribution in [1.82, 2.24) is 4.90 Å². The summed E-state index contributed by atoms with van der Waals surface area (Å²) in [4.78, 5) is 14.2. The standard InChI is InChI=1S/C16H24N2O2/c1-10-5-11(2)14(16(19)20-4)7-13(10)15-6-12(8-17)9-18(15)3/h5,7,12,15H,6,8-9,17H2,1-4H3. The Balaban J connectivity index is 2.39. The first-order chi connectivity index (χ1) is 9.47. The average Bonchev–Trinajstić information content (AvgIpc) is 2.79. The maximum absolute atomic E-state index is 11.9. The number of benzene rings is 1.